The molecule has 1 aromatic rings. The van der Waals surface area contributed by atoms with Gasteiger partial charge in [-0.2, -0.15) is 0 Å². The summed E-state index contributed by atoms with van der Waals surface area (Å²) in [7, 11) is 1.74. The molecule has 0 aliphatic carbocycles. The molecule has 2 aliphatic heterocycles. The van der Waals surface area contributed by atoms with E-state index in [-0.39, 0.29) is 0 Å². The Hall–Kier alpha value is -1.06. The average molecular weight is 232 g/mol. The molecule has 0 unspecified atom stereocenters. The summed E-state index contributed by atoms with van der Waals surface area (Å²) >= 11 is 0. The van der Waals surface area contributed by atoms with Crippen LogP contribution < -0.4 is 10.1 Å². The monoisotopic (exact) mass is 232 g/mol. The minimum absolute atomic E-state index is 0.759. The maximum atomic E-state index is 5.29. The topological polar surface area (TPSA) is 24.5 Å². The fourth-order valence-electron chi connectivity index (χ4n) is 2.95. The number of ether oxygens (including phenoxy) is 1. The molecule has 92 valence electrons. The molecule has 2 heterocycles. The Balaban J connectivity index is 1.73. The molecule has 1 saturated heterocycles. The van der Waals surface area contributed by atoms with Gasteiger partial charge in [-0.25, -0.2) is 0 Å². The number of piperidine rings is 1. The van der Waals surface area contributed by atoms with Crippen LogP contribution >= 0.6 is 0 Å². The maximum absolute atomic E-state index is 5.29. The van der Waals surface area contributed by atoms with Crippen molar-refractivity contribution >= 4 is 0 Å². The standard InChI is InChI=1S/C14H20N2O/c1-17-14-3-2-11-9-16(10-12(11)8-14)13-4-6-15-7-5-13/h2-3,8,13,15H,4-7,9-10H2,1H3. The minimum atomic E-state index is 0.759. The van der Waals surface area contributed by atoms with Crippen LogP contribution in [0.4, 0.5) is 0 Å². The fourth-order valence-corrected chi connectivity index (χ4v) is 2.95. The van der Waals surface area contributed by atoms with Gasteiger partial charge in [0.05, 0.1) is 7.11 Å². The summed E-state index contributed by atoms with van der Waals surface area (Å²) in [6, 6.07) is 7.24. The molecule has 1 aromatic carbocycles. The van der Waals surface area contributed by atoms with Crippen LogP contribution in [0.25, 0.3) is 0 Å². The van der Waals surface area contributed by atoms with Crippen molar-refractivity contribution in [2.24, 2.45) is 0 Å². The van der Waals surface area contributed by atoms with Gasteiger partial charge in [-0.3, -0.25) is 4.90 Å². The van der Waals surface area contributed by atoms with Crippen molar-refractivity contribution in [3.05, 3.63) is 29.3 Å². The molecule has 0 spiro atoms. The molecular formula is C14H20N2O. The van der Waals surface area contributed by atoms with Gasteiger partial charge in [0, 0.05) is 19.1 Å². The predicted molar refractivity (Wildman–Crippen MR) is 68.1 cm³/mol. The summed E-state index contributed by atoms with van der Waals surface area (Å²) in [5.41, 5.74) is 2.92. The Bertz CT molecular complexity index is 399. The first-order chi connectivity index (χ1) is 8.36. The number of nitrogens with zero attached hydrogens (tertiary/aromatic N) is 1. The zero-order valence-electron chi connectivity index (χ0n) is 10.4. The second kappa shape index (κ2) is 4.67. The van der Waals surface area contributed by atoms with E-state index in [2.05, 4.69) is 28.4 Å². The molecule has 0 bridgehead atoms. The summed E-state index contributed by atoms with van der Waals surface area (Å²) < 4.78 is 5.29. The van der Waals surface area contributed by atoms with Crippen molar-refractivity contribution in [2.45, 2.75) is 32.0 Å². The predicted octanol–water partition coefficient (Wildman–Crippen LogP) is 1.76. The molecule has 1 fully saturated rings. The van der Waals surface area contributed by atoms with E-state index in [1.807, 2.05) is 0 Å². The Morgan fingerprint density at radius 3 is 2.71 bits per heavy atom. The second-order valence-corrected chi connectivity index (χ2v) is 5.02. The lowest BCUT2D eigenvalue weighted by molar-refractivity contribution is 0.163. The van der Waals surface area contributed by atoms with Crippen LogP contribution in [0.15, 0.2) is 18.2 Å². The number of hydrogen-bond acceptors (Lipinski definition) is 3. The van der Waals surface area contributed by atoms with Crippen LogP contribution in [0.1, 0.15) is 24.0 Å². The number of fused-ring (bicyclic) bond motifs is 1. The number of hydrogen-bond donors (Lipinski definition) is 1. The molecule has 3 rings (SSSR count). The Kier molecular flexibility index (Phi) is 3.04. The van der Waals surface area contributed by atoms with E-state index >= 15 is 0 Å². The third kappa shape index (κ3) is 2.17. The van der Waals surface area contributed by atoms with Crippen molar-refractivity contribution < 1.29 is 4.74 Å². The molecule has 0 saturated carbocycles. The third-order valence-electron chi connectivity index (χ3n) is 3.99. The first kappa shape index (κ1) is 11.1. The lowest BCUT2D eigenvalue weighted by Gasteiger charge is -2.31. The Morgan fingerprint density at radius 2 is 1.94 bits per heavy atom. The second-order valence-electron chi connectivity index (χ2n) is 5.02. The van der Waals surface area contributed by atoms with Crippen LogP contribution in [0.3, 0.4) is 0 Å². The fraction of sp³-hybridized carbons (Fsp3) is 0.571. The van der Waals surface area contributed by atoms with Gasteiger partial charge in [0.25, 0.3) is 0 Å². The van der Waals surface area contributed by atoms with Crippen molar-refractivity contribution in [3.8, 4) is 5.75 Å². The van der Waals surface area contributed by atoms with Gasteiger partial charge in [0.2, 0.25) is 0 Å². The van der Waals surface area contributed by atoms with Gasteiger partial charge in [-0.15, -0.1) is 0 Å². The molecule has 0 radical (unpaired) electrons. The van der Waals surface area contributed by atoms with Crippen LogP contribution in [0.2, 0.25) is 0 Å². The maximum Gasteiger partial charge on any atom is 0.119 e. The van der Waals surface area contributed by atoms with E-state index in [9.17, 15) is 0 Å². The molecular weight excluding hydrogens is 212 g/mol. The van der Waals surface area contributed by atoms with Crippen molar-refractivity contribution in [1.29, 1.82) is 0 Å². The number of rotatable bonds is 2. The normalized spacial score (nSPS) is 21.5. The SMILES string of the molecule is COc1ccc2c(c1)CN(C1CCNCC1)C2. The molecule has 2 aliphatic rings. The van der Waals surface area contributed by atoms with Crippen LogP contribution in [-0.2, 0) is 13.1 Å². The van der Waals surface area contributed by atoms with E-state index in [4.69, 9.17) is 4.74 Å². The Morgan fingerprint density at radius 1 is 1.18 bits per heavy atom. The minimum Gasteiger partial charge on any atom is -0.497 e. The van der Waals surface area contributed by atoms with Crippen LogP contribution in [0, 0.1) is 0 Å². The zero-order valence-corrected chi connectivity index (χ0v) is 10.4. The highest BCUT2D eigenvalue weighted by molar-refractivity contribution is 5.38. The lowest BCUT2D eigenvalue weighted by Crippen LogP contribution is -2.40. The van der Waals surface area contributed by atoms with E-state index < -0.39 is 0 Å². The van der Waals surface area contributed by atoms with E-state index in [0.717, 1.165) is 24.9 Å². The van der Waals surface area contributed by atoms with E-state index in [1.54, 1.807) is 7.11 Å². The lowest BCUT2D eigenvalue weighted by atomic mass is 10.1. The Labute approximate surface area is 103 Å². The number of nitrogens with one attached hydrogen (secondary N) is 1. The highest BCUT2D eigenvalue weighted by Gasteiger charge is 2.26. The van der Waals surface area contributed by atoms with Gasteiger partial charge in [0.15, 0.2) is 0 Å². The van der Waals surface area contributed by atoms with Crippen molar-refractivity contribution in [1.82, 2.24) is 10.2 Å². The highest BCUT2D eigenvalue weighted by atomic mass is 16.5. The van der Waals surface area contributed by atoms with Gasteiger partial charge < -0.3 is 10.1 Å². The molecule has 17 heavy (non-hydrogen) atoms. The highest BCUT2D eigenvalue weighted by Crippen LogP contribution is 2.29. The number of methoxy groups -OCH3 is 1. The van der Waals surface area contributed by atoms with E-state index in [0.29, 0.717) is 0 Å². The molecule has 1 N–H and O–H groups in total. The molecule has 3 nitrogen and oxygen atoms in total. The summed E-state index contributed by atoms with van der Waals surface area (Å²) in [5.74, 6) is 0.982. The smallest absolute Gasteiger partial charge is 0.119 e. The van der Waals surface area contributed by atoms with Gasteiger partial charge >= 0.3 is 0 Å². The van der Waals surface area contributed by atoms with Crippen LogP contribution in [-0.4, -0.2) is 31.1 Å². The summed E-state index contributed by atoms with van der Waals surface area (Å²) in [5, 5.41) is 3.43. The van der Waals surface area contributed by atoms with Gasteiger partial charge in [-0.1, -0.05) is 6.07 Å². The van der Waals surface area contributed by atoms with Gasteiger partial charge in [-0.05, 0) is 49.2 Å². The molecule has 0 amide bonds. The number of benzene rings is 1. The zero-order chi connectivity index (χ0) is 11.7. The summed E-state index contributed by atoms with van der Waals surface area (Å²) in [6.07, 6.45) is 2.57. The average Bonchev–Trinajstić information content (AvgIpc) is 2.82. The van der Waals surface area contributed by atoms with Crippen molar-refractivity contribution in [2.75, 3.05) is 20.2 Å². The summed E-state index contributed by atoms with van der Waals surface area (Å²) in [4.78, 5) is 2.62. The van der Waals surface area contributed by atoms with Crippen LogP contribution in [0.5, 0.6) is 5.75 Å². The molecule has 0 aromatic heterocycles. The van der Waals surface area contributed by atoms with Crippen molar-refractivity contribution in [3.63, 3.8) is 0 Å². The van der Waals surface area contributed by atoms with Gasteiger partial charge in [0.1, 0.15) is 5.75 Å². The molecule has 0 atom stereocenters. The quantitative estimate of drug-likeness (QED) is 0.841. The third-order valence-corrected chi connectivity index (χ3v) is 3.99. The largest absolute Gasteiger partial charge is 0.497 e. The summed E-state index contributed by atoms with van der Waals surface area (Å²) in [6.45, 7) is 4.54. The van der Waals surface area contributed by atoms with E-state index in [1.165, 1.54) is 37.1 Å². The first-order valence-electron chi connectivity index (χ1n) is 6.47. The first-order valence-corrected chi connectivity index (χ1v) is 6.47. The molecule has 3 heteroatoms.